The molecule has 186 valence electrons. The molecule has 15 nitrogen and oxygen atoms in total. The van der Waals surface area contributed by atoms with E-state index in [1.54, 1.807) is 0 Å². The molecule has 0 saturated carbocycles. The Balaban J connectivity index is 0.000000739. The lowest BCUT2D eigenvalue weighted by Gasteiger charge is -2.53. The Kier molecular flexibility index (Phi) is 8.57. The van der Waals surface area contributed by atoms with Crippen LogP contribution >= 0.6 is 30.9 Å². The van der Waals surface area contributed by atoms with Gasteiger partial charge in [-0.15, -0.1) is 29.7 Å². The van der Waals surface area contributed by atoms with E-state index in [4.69, 9.17) is 25.0 Å². The van der Waals surface area contributed by atoms with Crippen molar-refractivity contribution in [2.45, 2.75) is 18.3 Å². The molecule has 0 aliphatic carbocycles. The number of nitrogens with zero attached hydrogens (tertiary/aromatic N) is 3. The average Bonchev–Trinajstić information content (AvgIpc) is 3.15. The maximum atomic E-state index is 12.7. The van der Waals surface area contributed by atoms with Crippen molar-refractivity contribution in [3.8, 4) is 0 Å². The third kappa shape index (κ3) is 6.62. The molecule has 3 rings (SSSR count). The summed E-state index contributed by atoms with van der Waals surface area (Å²) in [4.78, 5) is 79.3. The second-order valence-electron chi connectivity index (χ2n) is 6.89. The van der Waals surface area contributed by atoms with Crippen molar-refractivity contribution < 1.29 is 48.4 Å². The molecule has 18 heteroatoms. The van der Waals surface area contributed by atoms with Crippen LogP contribution in [0.3, 0.4) is 0 Å². The fourth-order valence-corrected chi connectivity index (χ4v) is 4.94. The van der Waals surface area contributed by atoms with Gasteiger partial charge in [0.15, 0.2) is 10.8 Å². The van der Waals surface area contributed by atoms with Gasteiger partial charge in [-0.2, -0.15) is 0 Å². The first-order chi connectivity index (χ1) is 15.7. The number of amides is 2. The van der Waals surface area contributed by atoms with Gasteiger partial charge in [0, 0.05) is 24.6 Å². The summed E-state index contributed by atoms with van der Waals surface area (Å²) in [5, 5.41) is 16.8. The molecule has 34 heavy (non-hydrogen) atoms. The van der Waals surface area contributed by atoms with Crippen LogP contribution in [0.2, 0.25) is 0 Å². The van der Waals surface area contributed by atoms with Gasteiger partial charge in [-0.25, -0.2) is 14.3 Å². The second-order valence-corrected chi connectivity index (χ2v) is 9.91. The number of carbonyl (C=O) groups excluding carboxylic acids is 3. The number of aliphatic carboxylic acids is 1. The first-order valence-corrected chi connectivity index (χ1v) is 12.5. The number of hydrogen-bond donors (Lipinski definition) is 6. The minimum atomic E-state index is -4.64. The van der Waals surface area contributed by atoms with Crippen LogP contribution in [-0.4, -0.2) is 82.8 Å². The molecule has 0 aromatic carbocycles. The Morgan fingerprint density at radius 3 is 2.53 bits per heavy atom. The summed E-state index contributed by atoms with van der Waals surface area (Å²) in [5.41, 5.74) is 4.15. The van der Waals surface area contributed by atoms with Crippen molar-refractivity contribution in [2.75, 3.05) is 18.0 Å². The standard InChI is InChI=1S/C16H17N5O6S2.H3O4P/c1-3-16(14(25)26)5-21-12(24)10(13(21)29-6-16)19-11(23)9(20-27-7(2)22)8-4-28-15(17)18-8;1-5(2,3)4/h3-4,10,13H,1,5-6H2,2H3,(H2,17,18)(H,19,23)(H,25,26);(H3,1,2,3,4)/t10?,13-,16?;/m1./s1. The van der Waals surface area contributed by atoms with Gasteiger partial charge in [0.05, 0.1) is 0 Å². The summed E-state index contributed by atoms with van der Waals surface area (Å²) < 4.78 is 8.88. The third-order valence-corrected chi connectivity index (χ3v) is 6.68. The number of carbonyl (C=O) groups is 4. The lowest BCUT2D eigenvalue weighted by atomic mass is 9.87. The quantitative estimate of drug-likeness (QED) is 0.0619. The fraction of sp³-hybridized carbons (Fsp3) is 0.375. The number of β-lactam (4-membered cyclic amide) rings is 1. The molecule has 2 saturated heterocycles. The van der Waals surface area contributed by atoms with E-state index in [-0.39, 0.29) is 28.8 Å². The van der Waals surface area contributed by atoms with Gasteiger partial charge in [0.2, 0.25) is 5.91 Å². The van der Waals surface area contributed by atoms with Crippen molar-refractivity contribution in [1.29, 1.82) is 0 Å². The van der Waals surface area contributed by atoms with Crippen molar-refractivity contribution in [3.05, 3.63) is 23.7 Å². The van der Waals surface area contributed by atoms with Gasteiger partial charge in [0.25, 0.3) is 5.91 Å². The van der Waals surface area contributed by atoms with Gasteiger partial charge in [-0.1, -0.05) is 11.2 Å². The Morgan fingerprint density at radius 2 is 2.06 bits per heavy atom. The molecular formula is C16H20N5O10PS2. The minimum Gasteiger partial charge on any atom is -0.481 e. The van der Waals surface area contributed by atoms with Crippen LogP contribution in [0.5, 0.6) is 0 Å². The molecule has 0 bridgehead atoms. The van der Waals surface area contributed by atoms with Gasteiger partial charge in [0.1, 0.15) is 22.5 Å². The third-order valence-electron chi connectivity index (χ3n) is 4.45. The smallest absolute Gasteiger partial charge is 0.466 e. The number of carboxylic acid groups (broad SMARTS) is 1. The molecule has 1 aromatic rings. The highest BCUT2D eigenvalue weighted by Gasteiger charge is 2.56. The van der Waals surface area contributed by atoms with Crippen molar-refractivity contribution in [3.63, 3.8) is 0 Å². The molecule has 2 aliphatic heterocycles. The van der Waals surface area contributed by atoms with Crippen LogP contribution in [0.4, 0.5) is 5.13 Å². The number of nitrogen functional groups attached to an aromatic ring is 1. The van der Waals surface area contributed by atoms with Crippen LogP contribution in [0, 0.1) is 5.41 Å². The van der Waals surface area contributed by atoms with E-state index in [0.717, 1.165) is 18.3 Å². The molecule has 3 heterocycles. The monoisotopic (exact) mass is 537 g/mol. The number of nitrogens with two attached hydrogens (primary N) is 1. The number of thioether (sulfide) groups is 1. The van der Waals surface area contributed by atoms with Gasteiger partial charge < -0.3 is 40.6 Å². The van der Waals surface area contributed by atoms with Crippen LogP contribution in [-0.2, 0) is 28.6 Å². The van der Waals surface area contributed by atoms with E-state index in [0.29, 0.717) is 0 Å². The maximum absolute atomic E-state index is 12.7. The first-order valence-electron chi connectivity index (χ1n) is 9.03. The number of carboxylic acids is 1. The molecule has 2 aliphatic rings. The fourth-order valence-electron chi connectivity index (χ4n) is 2.86. The second kappa shape index (κ2) is 10.6. The van der Waals surface area contributed by atoms with Crippen LogP contribution < -0.4 is 11.1 Å². The van der Waals surface area contributed by atoms with Crippen LogP contribution in [0.15, 0.2) is 23.2 Å². The number of oxime groups is 1. The molecule has 2 fully saturated rings. The predicted octanol–water partition coefficient (Wildman–Crippen LogP) is -1.28. The summed E-state index contributed by atoms with van der Waals surface area (Å²) in [5.74, 6) is -2.78. The molecule has 1 aromatic heterocycles. The van der Waals surface area contributed by atoms with E-state index >= 15 is 0 Å². The van der Waals surface area contributed by atoms with E-state index < -0.39 is 48.4 Å². The van der Waals surface area contributed by atoms with Crippen LogP contribution in [0.1, 0.15) is 12.6 Å². The highest BCUT2D eigenvalue weighted by Crippen LogP contribution is 2.42. The zero-order chi connectivity index (χ0) is 25.8. The number of nitrogens with one attached hydrogen (secondary N) is 1. The predicted molar refractivity (Wildman–Crippen MR) is 119 cm³/mol. The lowest BCUT2D eigenvalue weighted by Crippen LogP contribution is -2.73. The van der Waals surface area contributed by atoms with E-state index in [1.165, 1.54) is 28.1 Å². The zero-order valence-corrected chi connectivity index (χ0v) is 19.9. The van der Waals surface area contributed by atoms with Crippen molar-refractivity contribution >= 4 is 65.5 Å². The average molecular weight is 537 g/mol. The molecule has 0 spiro atoms. The summed E-state index contributed by atoms with van der Waals surface area (Å²) in [6.45, 7) is 4.67. The summed E-state index contributed by atoms with van der Waals surface area (Å²) in [7, 11) is -4.64. The largest absolute Gasteiger partial charge is 0.481 e. The van der Waals surface area contributed by atoms with Crippen LogP contribution in [0.25, 0.3) is 0 Å². The summed E-state index contributed by atoms with van der Waals surface area (Å²) in [6, 6.07) is -0.873. The number of hydrogen-bond acceptors (Lipinski definition) is 11. The molecular weight excluding hydrogens is 517 g/mol. The minimum absolute atomic E-state index is 0.0221. The number of aromatic nitrogens is 1. The molecule has 0 radical (unpaired) electrons. The van der Waals surface area contributed by atoms with Crippen molar-refractivity contribution in [2.24, 2.45) is 10.6 Å². The summed E-state index contributed by atoms with van der Waals surface area (Å²) >= 11 is 2.30. The highest BCUT2D eigenvalue weighted by molar-refractivity contribution is 8.00. The number of thiazole rings is 1. The zero-order valence-electron chi connectivity index (χ0n) is 17.4. The van der Waals surface area contributed by atoms with E-state index in [2.05, 4.69) is 26.9 Å². The highest BCUT2D eigenvalue weighted by atomic mass is 32.2. The summed E-state index contributed by atoms with van der Waals surface area (Å²) in [6.07, 6.45) is 1.33. The molecule has 7 N–H and O–H groups in total. The Bertz CT molecular complexity index is 1080. The van der Waals surface area contributed by atoms with E-state index in [9.17, 15) is 24.3 Å². The maximum Gasteiger partial charge on any atom is 0.466 e. The molecule has 2 amide bonds. The Morgan fingerprint density at radius 1 is 1.44 bits per heavy atom. The molecule has 3 atom stereocenters. The number of anilines is 1. The number of fused-ring (bicyclic) bond motifs is 1. The Hall–Kier alpha value is -2.82. The lowest BCUT2D eigenvalue weighted by molar-refractivity contribution is -0.156. The SMILES string of the molecule is C=CC1(C(=O)O)CS[C@@H]2C(NC(=O)C(=NOC(C)=O)c3csc(N)n3)C(=O)N2C1.O=P(O)(O)O. The van der Waals surface area contributed by atoms with Crippen molar-refractivity contribution in [1.82, 2.24) is 15.2 Å². The number of phosphoric acid groups is 1. The normalized spacial score (nSPS) is 24.1. The first kappa shape index (κ1) is 27.4. The van der Waals surface area contributed by atoms with Gasteiger partial charge in [-0.05, 0) is 0 Å². The molecule has 2 unspecified atom stereocenters. The van der Waals surface area contributed by atoms with Gasteiger partial charge in [-0.3, -0.25) is 14.4 Å². The van der Waals surface area contributed by atoms with E-state index in [1.807, 2.05) is 0 Å². The Labute approximate surface area is 199 Å². The van der Waals surface area contributed by atoms with Gasteiger partial charge >= 0.3 is 19.8 Å². The topological polar surface area (TPSA) is 242 Å². The number of rotatable bonds is 6.